The third kappa shape index (κ3) is 3.97. The first-order valence-corrected chi connectivity index (χ1v) is 6.09. The molecule has 106 valence electrons. The normalized spacial score (nSPS) is 12.4. The number of nitrogens with zero attached hydrogens (tertiary/aromatic N) is 1. The lowest BCUT2D eigenvalue weighted by Gasteiger charge is -2.17. The molecule has 0 aliphatic carbocycles. The highest BCUT2D eigenvalue weighted by molar-refractivity contribution is 5.31. The number of hydrazine groups is 1. The number of alkyl halides is 2. The Labute approximate surface area is 115 Å². The Balaban J connectivity index is 2.15. The Morgan fingerprint density at radius 1 is 1.20 bits per heavy atom. The Kier molecular flexibility index (Phi) is 4.97. The molecule has 1 heterocycles. The van der Waals surface area contributed by atoms with Crippen molar-refractivity contribution in [3.8, 4) is 5.75 Å². The number of rotatable bonds is 6. The van der Waals surface area contributed by atoms with E-state index < -0.39 is 6.61 Å². The number of hydrogen-bond acceptors (Lipinski definition) is 4. The molecule has 1 aromatic heterocycles. The lowest BCUT2D eigenvalue weighted by atomic mass is 10.00. The Bertz CT molecular complexity index is 537. The Morgan fingerprint density at radius 3 is 2.60 bits per heavy atom. The quantitative estimate of drug-likeness (QED) is 0.630. The van der Waals surface area contributed by atoms with E-state index in [0.717, 1.165) is 11.1 Å². The topological polar surface area (TPSA) is 60.2 Å². The van der Waals surface area contributed by atoms with Crippen LogP contribution in [-0.4, -0.2) is 11.6 Å². The van der Waals surface area contributed by atoms with Crippen LogP contribution < -0.4 is 16.0 Å². The summed E-state index contributed by atoms with van der Waals surface area (Å²) < 4.78 is 28.8. The zero-order chi connectivity index (χ0) is 14.4. The number of aromatic nitrogens is 1. The summed E-state index contributed by atoms with van der Waals surface area (Å²) >= 11 is 0. The van der Waals surface area contributed by atoms with Crippen molar-refractivity contribution in [3.05, 3.63) is 59.9 Å². The third-order valence-electron chi connectivity index (χ3n) is 2.88. The van der Waals surface area contributed by atoms with Gasteiger partial charge in [-0.1, -0.05) is 12.1 Å². The van der Waals surface area contributed by atoms with E-state index in [1.807, 2.05) is 18.2 Å². The maximum atomic E-state index is 12.2. The van der Waals surface area contributed by atoms with E-state index in [0.29, 0.717) is 6.42 Å². The van der Waals surface area contributed by atoms with Gasteiger partial charge in [0.2, 0.25) is 0 Å². The highest BCUT2D eigenvalue weighted by atomic mass is 19.3. The molecule has 1 unspecified atom stereocenters. The molecule has 2 rings (SSSR count). The molecule has 6 heteroatoms. The predicted octanol–water partition coefficient (Wildman–Crippen LogP) is 2.43. The van der Waals surface area contributed by atoms with Gasteiger partial charge in [-0.2, -0.15) is 8.78 Å². The molecule has 1 aromatic carbocycles. The third-order valence-corrected chi connectivity index (χ3v) is 2.88. The van der Waals surface area contributed by atoms with Gasteiger partial charge in [-0.25, -0.2) is 0 Å². The van der Waals surface area contributed by atoms with Crippen molar-refractivity contribution in [2.75, 3.05) is 0 Å². The fourth-order valence-electron chi connectivity index (χ4n) is 1.94. The molecule has 4 nitrogen and oxygen atoms in total. The summed E-state index contributed by atoms with van der Waals surface area (Å²) in [6, 6.07) is 10.1. The summed E-state index contributed by atoms with van der Waals surface area (Å²) in [6.07, 6.45) is 4.01. The second-order valence-corrected chi connectivity index (χ2v) is 4.23. The summed E-state index contributed by atoms with van der Waals surface area (Å²) in [5.74, 6) is 5.67. The highest BCUT2D eigenvalue weighted by Crippen LogP contribution is 2.23. The van der Waals surface area contributed by atoms with Crippen LogP contribution in [0.3, 0.4) is 0 Å². The fraction of sp³-hybridized carbons (Fsp3) is 0.214. The van der Waals surface area contributed by atoms with Gasteiger partial charge in [0, 0.05) is 12.4 Å². The second kappa shape index (κ2) is 6.93. The van der Waals surface area contributed by atoms with Crippen molar-refractivity contribution >= 4 is 0 Å². The van der Waals surface area contributed by atoms with Gasteiger partial charge in [0.25, 0.3) is 0 Å². The molecule has 0 radical (unpaired) electrons. The first-order valence-electron chi connectivity index (χ1n) is 6.09. The van der Waals surface area contributed by atoms with Gasteiger partial charge in [0.1, 0.15) is 5.75 Å². The molecule has 0 aliphatic heterocycles. The maximum Gasteiger partial charge on any atom is 0.387 e. The number of nitrogens with one attached hydrogen (secondary N) is 1. The minimum absolute atomic E-state index is 0.118. The summed E-state index contributed by atoms with van der Waals surface area (Å²) in [5, 5.41) is 0. The molecular weight excluding hydrogens is 264 g/mol. The van der Waals surface area contributed by atoms with Gasteiger partial charge in [0.05, 0.1) is 6.04 Å². The van der Waals surface area contributed by atoms with Crippen LogP contribution in [0.4, 0.5) is 8.78 Å². The van der Waals surface area contributed by atoms with E-state index in [1.54, 1.807) is 24.5 Å². The molecule has 2 aromatic rings. The number of pyridine rings is 1. The zero-order valence-electron chi connectivity index (χ0n) is 10.7. The summed E-state index contributed by atoms with van der Waals surface area (Å²) in [5.41, 5.74) is 4.51. The minimum Gasteiger partial charge on any atom is -0.435 e. The number of hydrogen-bond donors (Lipinski definition) is 2. The van der Waals surface area contributed by atoms with E-state index in [1.165, 1.54) is 6.07 Å². The molecule has 3 N–H and O–H groups in total. The molecule has 20 heavy (non-hydrogen) atoms. The van der Waals surface area contributed by atoms with E-state index in [9.17, 15) is 8.78 Å². The number of benzene rings is 1. The average Bonchev–Trinajstić information content (AvgIpc) is 2.45. The SMILES string of the molecule is NNC(Cc1ccncc1)c1cccc(OC(F)F)c1. The van der Waals surface area contributed by atoms with Crippen molar-refractivity contribution in [1.29, 1.82) is 0 Å². The number of ether oxygens (including phenoxy) is 1. The van der Waals surface area contributed by atoms with Gasteiger partial charge in [0.15, 0.2) is 0 Å². The van der Waals surface area contributed by atoms with Gasteiger partial charge < -0.3 is 4.74 Å². The van der Waals surface area contributed by atoms with Crippen molar-refractivity contribution in [3.63, 3.8) is 0 Å². The maximum absolute atomic E-state index is 12.2. The molecule has 0 saturated carbocycles. The van der Waals surface area contributed by atoms with Crippen LogP contribution in [0.1, 0.15) is 17.2 Å². The van der Waals surface area contributed by atoms with E-state index >= 15 is 0 Å². The fourth-order valence-corrected chi connectivity index (χ4v) is 1.94. The van der Waals surface area contributed by atoms with Gasteiger partial charge in [-0.05, 0) is 41.8 Å². The molecule has 0 amide bonds. The van der Waals surface area contributed by atoms with Gasteiger partial charge >= 0.3 is 6.61 Å². The molecule has 0 fully saturated rings. The minimum atomic E-state index is -2.84. The summed E-state index contributed by atoms with van der Waals surface area (Å²) in [7, 11) is 0. The highest BCUT2D eigenvalue weighted by Gasteiger charge is 2.12. The van der Waals surface area contributed by atoms with Gasteiger partial charge in [-0.15, -0.1) is 0 Å². The smallest absolute Gasteiger partial charge is 0.387 e. The molecule has 0 bridgehead atoms. The van der Waals surface area contributed by atoms with Crippen LogP contribution in [0, 0.1) is 0 Å². The van der Waals surface area contributed by atoms with Crippen molar-refractivity contribution < 1.29 is 13.5 Å². The van der Waals surface area contributed by atoms with Crippen molar-refractivity contribution in [1.82, 2.24) is 10.4 Å². The second-order valence-electron chi connectivity index (χ2n) is 4.23. The Morgan fingerprint density at radius 2 is 1.95 bits per heavy atom. The first kappa shape index (κ1) is 14.4. The lowest BCUT2D eigenvalue weighted by molar-refractivity contribution is -0.0499. The largest absolute Gasteiger partial charge is 0.435 e. The number of nitrogens with two attached hydrogens (primary N) is 1. The molecule has 1 atom stereocenters. The monoisotopic (exact) mass is 279 g/mol. The van der Waals surface area contributed by atoms with Crippen LogP contribution >= 0.6 is 0 Å². The Hall–Kier alpha value is -2.05. The molecule has 0 aliphatic rings. The zero-order valence-corrected chi connectivity index (χ0v) is 10.7. The molecule has 0 spiro atoms. The van der Waals surface area contributed by atoms with Crippen LogP contribution in [0.2, 0.25) is 0 Å². The predicted molar refractivity (Wildman–Crippen MR) is 71.1 cm³/mol. The van der Waals surface area contributed by atoms with Gasteiger partial charge in [-0.3, -0.25) is 16.3 Å². The van der Waals surface area contributed by atoms with Crippen molar-refractivity contribution in [2.24, 2.45) is 5.84 Å². The van der Waals surface area contributed by atoms with E-state index in [2.05, 4.69) is 15.1 Å². The number of halogens is 2. The summed E-state index contributed by atoms with van der Waals surface area (Å²) in [6.45, 7) is -2.84. The first-order chi connectivity index (χ1) is 9.69. The van der Waals surface area contributed by atoms with Crippen LogP contribution in [0.15, 0.2) is 48.8 Å². The van der Waals surface area contributed by atoms with Crippen LogP contribution in [0.5, 0.6) is 5.75 Å². The van der Waals surface area contributed by atoms with Crippen LogP contribution in [-0.2, 0) is 6.42 Å². The van der Waals surface area contributed by atoms with Crippen LogP contribution in [0.25, 0.3) is 0 Å². The average molecular weight is 279 g/mol. The standard InChI is InChI=1S/C14H15F2N3O/c15-14(16)20-12-3-1-2-11(9-12)13(19-17)8-10-4-6-18-7-5-10/h1-7,9,13-14,19H,8,17H2. The van der Waals surface area contributed by atoms with Crippen molar-refractivity contribution in [2.45, 2.75) is 19.1 Å². The van der Waals surface area contributed by atoms with E-state index in [4.69, 9.17) is 5.84 Å². The summed E-state index contributed by atoms with van der Waals surface area (Å²) in [4.78, 5) is 3.94. The molecule has 0 saturated heterocycles. The molecular formula is C14H15F2N3O. The van der Waals surface area contributed by atoms with E-state index in [-0.39, 0.29) is 11.8 Å². The lowest BCUT2D eigenvalue weighted by Crippen LogP contribution is -2.29.